The molecule has 0 aliphatic heterocycles. The van der Waals surface area contributed by atoms with Gasteiger partial charge in [-0.3, -0.25) is 0 Å². The third-order valence-electron chi connectivity index (χ3n) is 1.48. The Morgan fingerprint density at radius 1 is 1.42 bits per heavy atom. The number of alkyl halides is 2. The van der Waals surface area contributed by atoms with Crippen molar-refractivity contribution in [1.82, 2.24) is 4.98 Å². The van der Waals surface area contributed by atoms with Gasteiger partial charge in [0.1, 0.15) is 3.70 Å². The van der Waals surface area contributed by atoms with Crippen LogP contribution in [0.25, 0.3) is 0 Å². The lowest BCUT2D eigenvalue weighted by atomic mass is 10.2. The maximum atomic E-state index is 12.4. The average molecular weight is 395 g/mol. The predicted molar refractivity (Wildman–Crippen MR) is 59.4 cm³/mol. The summed E-state index contributed by atoms with van der Waals surface area (Å²) in [7, 11) is 0. The highest BCUT2D eigenvalue weighted by Crippen LogP contribution is 2.28. The molecule has 0 bridgehead atoms. The van der Waals surface area contributed by atoms with Crippen molar-refractivity contribution in [2.24, 2.45) is 0 Å². The van der Waals surface area contributed by atoms with Crippen molar-refractivity contribution in [1.29, 1.82) is 0 Å². The minimum absolute atomic E-state index is 0.106. The summed E-state index contributed by atoms with van der Waals surface area (Å²) < 4.78 is 26.0. The van der Waals surface area contributed by atoms with E-state index in [-0.39, 0.29) is 5.56 Å². The third kappa shape index (κ3) is 2.04. The van der Waals surface area contributed by atoms with E-state index >= 15 is 0 Å². The summed E-state index contributed by atoms with van der Waals surface area (Å²) in [5, 5.41) is 0. The van der Waals surface area contributed by atoms with Crippen LogP contribution in [-0.2, 0) is 0 Å². The van der Waals surface area contributed by atoms with E-state index in [1.165, 1.54) is 6.20 Å². The molecule has 0 fully saturated rings. The second kappa shape index (κ2) is 4.12. The number of nitrogens with zero attached hydrogens (tertiary/aromatic N) is 1. The van der Waals surface area contributed by atoms with E-state index in [1.807, 2.05) is 45.2 Å². The molecule has 0 amide bonds. The molecule has 0 N–H and O–H groups in total. The molecule has 66 valence electrons. The van der Waals surface area contributed by atoms with E-state index < -0.39 is 6.43 Å². The molecule has 1 rings (SSSR count). The fourth-order valence-corrected chi connectivity index (χ4v) is 2.05. The molecule has 0 spiro atoms. The van der Waals surface area contributed by atoms with E-state index in [1.54, 1.807) is 6.92 Å². The maximum absolute atomic E-state index is 12.4. The molecule has 0 unspecified atom stereocenters. The van der Waals surface area contributed by atoms with Crippen molar-refractivity contribution in [3.05, 3.63) is 24.6 Å². The fraction of sp³-hybridized carbons (Fsp3) is 0.286. The first kappa shape index (κ1) is 10.6. The van der Waals surface area contributed by atoms with Gasteiger partial charge in [-0.05, 0) is 57.7 Å². The zero-order valence-corrected chi connectivity index (χ0v) is 10.4. The van der Waals surface area contributed by atoms with E-state index in [0.29, 0.717) is 12.8 Å². The first-order chi connectivity index (χ1) is 5.54. The predicted octanol–water partition coefficient (Wildman–Crippen LogP) is 3.54. The van der Waals surface area contributed by atoms with Gasteiger partial charge in [-0.15, -0.1) is 0 Å². The van der Waals surface area contributed by atoms with Gasteiger partial charge >= 0.3 is 0 Å². The van der Waals surface area contributed by atoms with Crippen LogP contribution in [0.5, 0.6) is 0 Å². The van der Waals surface area contributed by atoms with Crippen molar-refractivity contribution in [2.75, 3.05) is 0 Å². The van der Waals surface area contributed by atoms with Gasteiger partial charge in [0.05, 0.1) is 0 Å². The first-order valence-corrected chi connectivity index (χ1v) is 5.28. The zero-order valence-electron chi connectivity index (χ0n) is 6.11. The molecular weight excluding hydrogens is 390 g/mol. The monoisotopic (exact) mass is 395 g/mol. The molecule has 1 aromatic rings. The Morgan fingerprint density at radius 2 is 2.00 bits per heavy atom. The summed E-state index contributed by atoms with van der Waals surface area (Å²) >= 11 is 3.82. The second-order valence-corrected chi connectivity index (χ2v) is 4.42. The Hall–Kier alpha value is 0.470. The van der Waals surface area contributed by atoms with Crippen LogP contribution >= 0.6 is 45.2 Å². The Morgan fingerprint density at radius 3 is 2.42 bits per heavy atom. The molecule has 1 aromatic heterocycles. The summed E-state index contributed by atoms with van der Waals surface area (Å²) in [6.07, 6.45) is -0.940. The minimum Gasteiger partial charge on any atom is -0.249 e. The standard InChI is InChI=1S/C7H5F2I2N/c1-3-5(6(8)9)4(10)2-12-7(3)11/h2,6H,1H3. The highest BCUT2D eigenvalue weighted by atomic mass is 127. The quantitative estimate of drug-likeness (QED) is 0.524. The van der Waals surface area contributed by atoms with Gasteiger partial charge in [0.25, 0.3) is 6.43 Å². The van der Waals surface area contributed by atoms with Gasteiger partial charge in [-0.25, -0.2) is 13.8 Å². The smallest absolute Gasteiger partial charge is 0.249 e. The van der Waals surface area contributed by atoms with Gasteiger partial charge in [0.2, 0.25) is 0 Å². The molecule has 0 saturated heterocycles. The molecule has 12 heavy (non-hydrogen) atoms. The summed E-state index contributed by atoms with van der Waals surface area (Å²) in [6.45, 7) is 1.67. The van der Waals surface area contributed by atoms with Crippen molar-refractivity contribution < 1.29 is 8.78 Å². The van der Waals surface area contributed by atoms with Crippen LogP contribution < -0.4 is 0 Å². The van der Waals surface area contributed by atoms with E-state index in [0.717, 1.165) is 0 Å². The molecule has 5 heteroatoms. The number of rotatable bonds is 1. The third-order valence-corrected chi connectivity index (χ3v) is 3.43. The summed E-state index contributed by atoms with van der Waals surface area (Å²) in [5.41, 5.74) is 0.688. The average Bonchev–Trinajstić information content (AvgIpc) is 1.97. The highest BCUT2D eigenvalue weighted by Gasteiger charge is 2.16. The number of pyridine rings is 1. The minimum atomic E-state index is -2.41. The van der Waals surface area contributed by atoms with Crippen molar-refractivity contribution in [2.45, 2.75) is 13.3 Å². The van der Waals surface area contributed by atoms with E-state index in [9.17, 15) is 8.78 Å². The normalized spacial score (nSPS) is 10.8. The van der Waals surface area contributed by atoms with Crippen LogP contribution in [0, 0.1) is 14.2 Å². The number of aromatic nitrogens is 1. The lowest BCUT2D eigenvalue weighted by molar-refractivity contribution is 0.149. The van der Waals surface area contributed by atoms with Gasteiger partial charge < -0.3 is 0 Å². The highest BCUT2D eigenvalue weighted by molar-refractivity contribution is 14.1. The van der Waals surface area contributed by atoms with Crippen molar-refractivity contribution in [3.8, 4) is 0 Å². The number of hydrogen-bond donors (Lipinski definition) is 0. The number of hydrogen-bond acceptors (Lipinski definition) is 1. The van der Waals surface area contributed by atoms with Gasteiger partial charge in [-0.1, -0.05) is 0 Å². The maximum Gasteiger partial charge on any atom is 0.265 e. The SMILES string of the molecule is Cc1c(I)ncc(I)c1C(F)F. The van der Waals surface area contributed by atoms with E-state index in [2.05, 4.69) is 4.98 Å². The van der Waals surface area contributed by atoms with Crippen molar-refractivity contribution >= 4 is 45.2 Å². The first-order valence-electron chi connectivity index (χ1n) is 3.12. The Balaban J connectivity index is 3.33. The van der Waals surface area contributed by atoms with Crippen LogP contribution in [0.1, 0.15) is 17.6 Å². The number of halogens is 4. The molecule has 0 radical (unpaired) electrons. The lowest BCUT2D eigenvalue weighted by Gasteiger charge is -2.07. The Kier molecular flexibility index (Phi) is 3.62. The van der Waals surface area contributed by atoms with Crippen LogP contribution in [0.3, 0.4) is 0 Å². The van der Waals surface area contributed by atoms with Crippen LogP contribution in [0.4, 0.5) is 8.78 Å². The summed E-state index contributed by atoms with van der Waals surface area (Å²) in [4.78, 5) is 3.97. The molecule has 0 atom stereocenters. The summed E-state index contributed by atoms with van der Waals surface area (Å²) in [5.74, 6) is 0. The Labute approximate surface area is 96.2 Å². The molecule has 0 saturated carbocycles. The zero-order chi connectivity index (χ0) is 9.30. The molecule has 0 aliphatic carbocycles. The van der Waals surface area contributed by atoms with Crippen LogP contribution in [0.2, 0.25) is 0 Å². The topological polar surface area (TPSA) is 12.9 Å². The molecule has 1 heterocycles. The molecule has 0 aliphatic rings. The summed E-state index contributed by atoms with van der Waals surface area (Å²) in [6, 6.07) is 0. The van der Waals surface area contributed by atoms with Gasteiger partial charge in [-0.2, -0.15) is 0 Å². The lowest BCUT2D eigenvalue weighted by Crippen LogP contribution is -1.98. The van der Waals surface area contributed by atoms with Crippen LogP contribution in [-0.4, -0.2) is 4.98 Å². The second-order valence-electron chi connectivity index (χ2n) is 2.24. The van der Waals surface area contributed by atoms with Gasteiger partial charge in [0, 0.05) is 15.3 Å². The van der Waals surface area contributed by atoms with E-state index in [4.69, 9.17) is 0 Å². The Bertz CT molecular complexity index is 302. The van der Waals surface area contributed by atoms with Gasteiger partial charge in [0.15, 0.2) is 0 Å². The van der Waals surface area contributed by atoms with Crippen molar-refractivity contribution in [3.63, 3.8) is 0 Å². The molecular formula is C7H5F2I2N. The van der Waals surface area contributed by atoms with Crippen LogP contribution in [0.15, 0.2) is 6.20 Å². The molecule has 1 nitrogen and oxygen atoms in total. The largest absolute Gasteiger partial charge is 0.265 e. The molecule has 0 aromatic carbocycles. The fourth-order valence-electron chi connectivity index (χ4n) is 0.838.